The summed E-state index contributed by atoms with van der Waals surface area (Å²) in [6.45, 7) is 3.04. The van der Waals surface area contributed by atoms with Gasteiger partial charge in [-0.15, -0.1) is 0 Å². The van der Waals surface area contributed by atoms with Crippen LogP contribution in [-0.2, 0) is 19.4 Å². The van der Waals surface area contributed by atoms with Crippen LogP contribution in [0.5, 0.6) is 0 Å². The lowest BCUT2D eigenvalue weighted by atomic mass is 10.1. The second-order valence-electron chi connectivity index (χ2n) is 4.68. The van der Waals surface area contributed by atoms with Gasteiger partial charge in [0, 0.05) is 36.6 Å². The quantitative estimate of drug-likeness (QED) is 0.916. The molecule has 0 radical (unpaired) electrons. The maximum Gasteiger partial charge on any atom is 0.304 e. The maximum absolute atomic E-state index is 11.3. The van der Waals surface area contributed by atoms with Crippen molar-refractivity contribution in [3.63, 3.8) is 0 Å². The van der Waals surface area contributed by atoms with E-state index in [0.717, 1.165) is 38.2 Å². The van der Waals surface area contributed by atoms with Gasteiger partial charge in [0.25, 0.3) is 0 Å². The van der Waals surface area contributed by atoms with E-state index in [2.05, 4.69) is 34.1 Å². The molecule has 1 aliphatic rings. The third-order valence-electron chi connectivity index (χ3n) is 3.41. The Kier molecular flexibility index (Phi) is 3.30. The van der Waals surface area contributed by atoms with E-state index < -0.39 is 0 Å². The standard InChI is InChI=1S/C14H16N2OS/c17-14-15-12-7-9-16(10-13(12)18-14)8-6-11-4-2-1-3-5-11/h1-5H,6-10H2,(H,15,17). The number of fused-ring (bicyclic) bond motifs is 1. The Morgan fingerprint density at radius 3 is 2.94 bits per heavy atom. The molecule has 0 saturated carbocycles. The molecule has 18 heavy (non-hydrogen) atoms. The third-order valence-corrected chi connectivity index (χ3v) is 4.32. The van der Waals surface area contributed by atoms with Crippen molar-refractivity contribution in [3.05, 3.63) is 56.1 Å². The average Bonchev–Trinajstić information content (AvgIpc) is 2.77. The average molecular weight is 260 g/mol. The molecule has 2 aromatic rings. The molecule has 0 saturated heterocycles. The summed E-state index contributed by atoms with van der Waals surface area (Å²) in [5.41, 5.74) is 2.53. The number of thiazole rings is 1. The first kappa shape index (κ1) is 11.7. The van der Waals surface area contributed by atoms with Gasteiger partial charge in [0.15, 0.2) is 0 Å². The topological polar surface area (TPSA) is 36.1 Å². The van der Waals surface area contributed by atoms with Crippen LogP contribution in [0.1, 0.15) is 16.1 Å². The Balaban J connectivity index is 1.61. The van der Waals surface area contributed by atoms with Gasteiger partial charge in [-0.05, 0) is 12.0 Å². The van der Waals surface area contributed by atoms with Gasteiger partial charge in [-0.1, -0.05) is 41.7 Å². The molecule has 0 amide bonds. The van der Waals surface area contributed by atoms with Gasteiger partial charge in [-0.25, -0.2) is 0 Å². The summed E-state index contributed by atoms with van der Waals surface area (Å²) in [5.74, 6) is 0. The molecule has 0 fully saturated rings. The second-order valence-corrected chi connectivity index (χ2v) is 5.75. The molecule has 0 aliphatic carbocycles. The van der Waals surface area contributed by atoms with Crippen molar-refractivity contribution in [2.75, 3.05) is 13.1 Å². The number of nitrogens with one attached hydrogen (secondary N) is 1. The molecule has 3 rings (SSSR count). The van der Waals surface area contributed by atoms with Crippen LogP contribution in [0.25, 0.3) is 0 Å². The lowest BCUT2D eigenvalue weighted by Gasteiger charge is -2.25. The number of hydrogen-bond acceptors (Lipinski definition) is 3. The van der Waals surface area contributed by atoms with Crippen molar-refractivity contribution in [2.45, 2.75) is 19.4 Å². The smallest absolute Gasteiger partial charge is 0.304 e. The highest BCUT2D eigenvalue weighted by molar-refractivity contribution is 7.09. The third kappa shape index (κ3) is 2.54. The van der Waals surface area contributed by atoms with Gasteiger partial charge >= 0.3 is 4.87 Å². The number of hydrogen-bond donors (Lipinski definition) is 1. The van der Waals surface area contributed by atoms with E-state index in [1.165, 1.54) is 21.8 Å². The van der Waals surface area contributed by atoms with Crippen LogP contribution >= 0.6 is 11.3 Å². The molecule has 2 heterocycles. The fourth-order valence-corrected chi connectivity index (χ4v) is 3.32. The Hall–Kier alpha value is -1.39. The van der Waals surface area contributed by atoms with E-state index in [1.807, 2.05) is 6.07 Å². The first-order valence-corrected chi connectivity index (χ1v) is 7.10. The molecule has 1 aliphatic heterocycles. The molecule has 0 unspecified atom stereocenters. The summed E-state index contributed by atoms with van der Waals surface area (Å²) in [6.07, 6.45) is 2.05. The van der Waals surface area contributed by atoms with Crippen molar-refractivity contribution in [1.82, 2.24) is 9.88 Å². The molecule has 1 aromatic carbocycles. The molecular formula is C14H16N2OS. The minimum absolute atomic E-state index is 0.0879. The van der Waals surface area contributed by atoms with E-state index in [0.29, 0.717) is 0 Å². The lowest BCUT2D eigenvalue weighted by Crippen LogP contribution is -2.31. The van der Waals surface area contributed by atoms with E-state index >= 15 is 0 Å². The molecule has 4 heteroatoms. The number of H-pyrrole nitrogens is 1. The van der Waals surface area contributed by atoms with Crippen molar-refractivity contribution in [1.29, 1.82) is 0 Å². The summed E-state index contributed by atoms with van der Waals surface area (Å²) < 4.78 is 0. The maximum atomic E-state index is 11.3. The SMILES string of the molecule is O=c1[nH]c2c(s1)CN(CCc1ccccc1)CC2. The highest BCUT2D eigenvalue weighted by Crippen LogP contribution is 2.19. The predicted octanol–water partition coefficient (Wildman–Crippen LogP) is 2.04. The summed E-state index contributed by atoms with van der Waals surface area (Å²) in [6, 6.07) is 10.6. The number of rotatable bonds is 3. The molecule has 0 bridgehead atoms. The number of aromatic nitrogens is 1. The fraction of sp³-hybridized carbons (Fsp3) is 0.357. The van der Waals surface area contributed by atoms with E-state index in [9.17, 15) is 4.79 Å². The van der Waals surface area contributed by atoms with Gasteiger partial charge in [0.05, 0.1) is 0 Å². The van der Waals surface area contributed by atoms with Gasteiger partial charge < -0.3 is 4.98 Å². The highest BCUT2D eigenvalue weighted by atomic mass is 32.1. The summed E-state index contributed by atoms with van der Waals surface area (Å²) >= 11 is 1.36. The fourth-order valence-electron chi connectivity index (χ4n) is 2.40. The van der Waals surface area contributed by atoms with E-state index in [-0.39, 0.29) is 4.87 Å². The van der Waals surface area contributed by atoms with Crippen LogP contribution in [0.15, 0.2) is 35.1 Å². The number of aromatic amines is 1. The van der Waals surface area contributed by atoms with Crippen molar-refractivity contribution >= 4 is 11.3 Å². The summed E-state index contributed by atoms with van der Waals surface area (Å²) in [4.78, 5) is 18.0. The Morgan fingerprint density at radius 2 is 2.11 bits per heavy atom. The Labute approximate surface area is 110 Å². The van der Waals surface area contributed by atoms with Crippen LogP contribution in [0.3, 0.4) is 0 Å². The van der Waals surface area contributed by atoms with Gasteiger partial charge in [-0.2, -0.15) is 0 Å². The minimum atomic E-state index is 0.0879. The van der Waals surface area contributed by atoms with Crippen LogP contribution in [-0.4, -0.2) is 23.0 Å². The molecule has 1 aromatic heterocycles. The normalized spacial score (nSPS) is 15.6. The largest absolute Gasteiger partial charge is 0.316 e. The van der Waals surface area contributed by atoms with Gasteiger partial charge in [0.1, 0.15) is 0 Å². The zero-order valence-corrected chi connectivity index (χ0v) is 11.0. The van der Waals surface area contributed by atoms with Crippen LogP contribution in [0.2, 0.25) is 0 Å². The second kappa shape index (κ2) is 5.08. The first-order chi connectivity index (χ1) is 8.81. The first-order valence-electron chi connectivity index (χ1n) is 6.28. The van der Waals surface area contributed by atoms with Crippen LogP contribution in [0, 0.1) is 0 Å². The molecule has 0 spiro atoms. The Bertz CT molecular complexity index is 573. The van der Waals surface area contributed by atoms with Gasteiger partial charge in [-0.3, -0.25) is 9.69 Å². The molecule has 94 valence electrons. The zero-order chi connectivity index (χ0) is 12.4. The van der Waals surface area contributed by atoms with Crippen molar-refractivity contribution in [3.8, 4) is 0 Å². The summed E-state index contributed by atoms with van der Waals surface area (Å²) in [5, 5.41) is 0. The lowest BCUT2D eigenvalue weighted by molar-refractivity contribution is 0.259. The van der Waals surface area contributed by atoms with E-state index in [4.69, 9.17) is 0 Å². The van der Waals surface area contributed by atoms with Crippen molar-refractivity contribution in [2.24, 2.45) is 0 Å². The van der Waals surface area contributed by atoms with Gasteiger partial charge in [0.2, 0.25) is 0 Å². The monoisotopic (exact) mass is 260 g/mol. The zero-order valence-electron chi connectivity index (χ0n) is 10.2. The van der Waals surface area contributed by atoms with Crippen molar-refractivity contribution < 1.29 is 0 Å². The minimum Gasteiger partial charge on any atom is -0.316 e. The molecular weight excluding hydrogens is 244 g/mol. The molecule has 0 atom stereocenters. The molecule has 3 nitrogen and oxygen atoms in total. The van der Waals surface area contributed by atoms with E-state index in [1.54, 1.807) is 0 Å². The molecule has 1 N–H and O–H groups in total. The summed E-state index contributed by atoms with van der Waals surface area (Å²) in [7, 11) is 0. The highest BCUT2D eigenvalue weighted by Gasteiger charge is 2.18. The Morgan fingerprint density at radius 1 is 1.28 bits per heavy atom. The number of nitrogens with zero attached hydrogens (tertiary/aromatic N) is 1. The van der Waals surface area contributed by atoms with Crippen LogP contribution in [0.4, 0.5) is 0 Å². The number of benzene rings is 1. The van der Waals surface area contributed by atoms with Crippen LogP contribution < -0.4 is 4.87 Å². The predicted molar refractivity (Wildman–Crippen MR) is 74.1 cm³/mol.